The van der Waals surface area contributed by atoms with E-state index in [1.807, 2.05) is 36.4 Å². The van der Waals surface area contributed by atoms with Crippen molar-refractivity contribution in [1.82, 2.24) is 14.7 Å². The molecule has 35 heavy (non-hydrogen) atoms. The van der Waals surface area contributed by atoms with Gasteiger partial charge in [-0.3, -0.25) is 14.3 Å². The normalized spacial score (nSPS) is 18.9. The second kappa shape index (κ2) is 8.55. The molecule has 0 radical (unpaired) electrons. The van der Waals surface area contributed by atoms with Crippen LogP contribution >= 0.6 is 0 Å². The average molecular weight is 483 g/mol. The Kier molecular flexibility index (Phi) is 5.65. The molecule has 1 N–H and O–H groups in total. The Hall–Kier alpha value is -3.62. The largest absolute Gasteiger partial charge is 0.502 e. The summed E-state index contributed by atoms with van der Waals surface area (Å²) in [5, 5.41) is 14.5. The molecular formula is C26H24F3N3O3. The van der Waals surface area contributed by atoms with Crippen LogP contribution in [0.2, 0.25) is 0 Å². The monoisotopic (exact) mass is 483 g/mol. The fraction of sp³-hybridized carbons (Fsp3) is 0.346. The molecule has 0 bridgehead atoms. The summed E-state index contributed by atoms with van der Waals surface area (Å²) >= 11 is 0. The summed E-state index contributed by atoms with van der Waals surface area (Å²) in [5.74, 6) is -2.10. The van der Waals surface area contributed by atoms with Gasteiger partial charge in [0, 0.05) is 12.5 Å². The number of rotatable bonds is 3. The first-order valence-electron chi connectivity index (χ1n) is 11.5. The van der Waals surface area contributed by atoms with Gasteiger partial charge >= 0.3 is 6.18 Å². The summed E-state index contributed by atoms with van der Waals surface area (Å²) in [4.78, 5) is 25.8. The number of amides is 1. The van der Waals surface area contributed by atoms with Crippen molar-refractivity contribution in [2.45, 2.75) is 50.4 Å². The Bertz CT molecular complexity index is 1300. The second-order valence-electron chi connectivity index (χ2n) is 9.17. The Morgan fingerprint density at radius 2 is 1.60 bits per heavy atom. The number of nitrogens with zero attached hydrogens (tertiary/aromatic N) is 3. The highest BCUT2D eigenvalue weighted by atomic mass is 19.4. The maximum Gasteiger partial charge on any atom is 0.408 e. The maximum atomic E-state index is 13.7. The average Bonchev–Trinajstić information content (AvgIpc) is 2.99. The molecule has 2 atom stereocenters. The summed E-state index contributed by atoms with van der Waals surface area (Å²) in [7, 11) is 0. The highest BCUT2D eigenvalue weighted by Crippen LogP contribution is 2.41. The van der Waals surface area contributed by atoms with E-state index < -0.39 is 41.0 Å². The van der Waals surface area contributed by atoms with E-state index in [9.17, 15) is 27.9 Å². The quantitative estimate of drug-likeness (QED) is 0.606. The van der Waals surface area contributed by atoms with Crippen molar-refractivity contribution in [2.24, 2.45) is 0 Å². The van der Waals surface area contributed by atoms with Crippen LogP contribution in [0.1, 0.15) is 58.0 Å². The van der Waals surface area contributed by atoms with Crippen LogP contribution in [-0.2, 0) is 12.8 Å². The predicted octanol–water partition coefficient (Wildman–Crippen LogP) is 4.22. The van der Waals surface area contributed by atoms with E-state index >= 15 is 0 Å². The lowest BCUT2D eigenvalue weighted by Gasteiger charge is -2.40. The summed E-state index contributed by atoms with van der Waals surface area (Å²) in [5.41, 5.74) is 3.08. The van der Waals surface area contributed by atoms with E-state index in [0.717, 1.165) is 48.2 Å². The predicted molar refractivity (Wildman–Crippen MR) is 123 cm³/mol. The van der Waals surface area contributed by atoms with Gasteiger partial charge in [-0.2, -0.15) is 18.3 Å². The van der Waals surface area contributed by atoms with E-state index in [1.54, 1.807) is 0 Å². The number of carbonyl (C=O) groups is 1. The highest BCUT2D eigenvalue weighted by Gasteiger charge is 2.47. The molecule has 2 heterocycles. The first-order valence-corrected chi connectivity index (χ1v) is 11.5. The van der Waals surface area contributed by atoms with Crippen molar-refractivity contribution in [3.05, 3.63) is 92.9 Å². The van der Waals surface area contributed by atoms with Crippen molar-refractivity contribution in [2.75, 3.05) is 6.54 Å². The number of carbonyl (C=O) groups excluding carboxylic acids is 1. The number of hydrogen-bond donors (Lipinski definition) is 1. The minimum absolute atomic E-state index is 0.164. The zero-order chi connectivity index (χ0) is 24.9. The van der Waals surface area contributed by atoms with Gasteiger partial charge in [0.15, 0.2) is 11.4 Å². The van der Waals surface area contributed by atoms with E-state index in [4.69, 9.17) is 0 Å². The molecule has 2 aliphatic rings. The zero-order valence-electron chi connectivity index (χ0n) is 19.0. The molecule has 1 aromatic heterocycles. The molecule has 0 fully saturated rings. The van der Waals surface area contributed by atoms with Crippen LogP contribution in [0.3, 0.4) is 0 Å². The van der Waals surface area contributed by atoms with Gasteiger partial charge in [0.05, 0.1) is 12.2 Å². The number of aryl methyl sites for hydroxylation is 2. The minimum atomic E-state index is -4.66. The molecule has 1 aliphatic heterocycles. The Morgan fingerprint density at radius 3 is 2.17 bits per heavy atom. The SMILES string of the molecule is C[C@H](N1C[C@H](CC2c3ccccc3CCc3ccccc32)n2ncc(=O)c(O)c2C1=O)C(F)(F)F. The van der Waals surface area contributed by atoms with Gasteiger partial charge in [0.25, 0.3) is 5.91 Å². The molecule has 0 spiro atoms. The van der Waals surface area contributed by atoms with E-state index in [1.165, 1.54) is 4.68 Å². The lowest BCUT2D eigenvalue weighted by Crippen LogP contribution is -2.53. The Morgan fingerprint density at radius 1 is 1.03 bits per heavy atom. The fourth-order valence-electron chi connectivity index (χ4n) is 5.31. The lowest BCUT2D eigenvalue weighted by molar-refractivity contribution is -0.174. The first kappa shape index (κ1) is 23.1. The van der Waals surface area contributed by atoms with Gasteiger partial charge in [-0.15, -0.1) is 0 Å². The number of fused-ring (bicyclic) bond motifs is 3. The molecule has 0 saturated carbocycles. The third-order valence-electron chi connectivity index (χ3n) is 7.18. The number of halogens is 3. The molecule has 6 nitrogen and oxygen atoms in total. The topological polar surface area (TPSA) is 75.4 Å². The van der Waals surface area contributed by atoms with Crippen molar-refractivity contribution in [3.8, 4) is 5.75 Å². The zero-order valence-corrected chi connectivity index (χ0v) is 19.0. The molecule has 1 amide bonds. The van der Waals surface area contributed by atoms with Crippen molar-refractivity contribution in [1.29, 1.82) is 0 Å². The van der Waals surface area contributed by atoms with Gasteiger partial charge in [-0.05, 0) is 48.4 Å². The smallest absolute Gasteiger partial charge is 0.408 e. The highest BCUT2D eigenvalue weighted by molar-refractivity contribution is 5.96. The molecule has 3 aromatic rings. The number of hydrogen-bond acceptors (Lipinski definition) is 4. The molecule has 2 aromatic carbocycles. The molecular weight excluding hydrogens is 459 g/mol. The van der Waals surface area contributed by atoms with Crippen LogP contribution in [0.15, 0.2) is 59.5 Å². The van der Waals surface area contributed by atoms with Crippen molar-refractivity contribution >= 4 is 5.91 Å². The molecule has 0 saturated heterocycles. The second-order valence-corrected chi connectivity index (χ2v) is 9.17. The van der Waals surface area contributed by atoms with Crippen molar-refractivity contribution in [3.63, 3.8) is 0 Å². The van der Waals surface area contributed by atoms with Crippen molar-refractivity contribution < 1.29 is 23.1 Å². The number of aromatic hydroxyl groups is 1. The third kappa shape index (κ3) is 3.98. The van der Waals surface area contributed by atoms with E-state index in [2.05, 4.69) is 17.2 Å². The summed E-state index contributed by atoms with van der Waals surface area (Å²) in [6.45, 7) is 0.662. The van der Waals surface area contributed by atoms with E-state index in [-0.39, 0.29) is 12.5 Å². The van der Waals surface area contributed by atoms with Crippen LogP contribution < -0.4 is 5.43 Å². The Labute approximate surface area is 199 Å². The van der Waals surface area contributed by atoms with Gasteiger partial charge in [0.1, 0.15) is 6.04 Å². The first-order chi connectivity index (χ1) is 16.7. The lowest BCUT2D eigenvalue weighted by atomic mass is 9.83. The maximum absolute atomic E-state index is 13.7. The van der Waals surface area contributed by atoms with Gasteiger partial charge < -0.3 is 10.0 Å². The van der Waals surface area contributed by atoms with Gasteiger partial charge in [-0.25, -0.2) is 0 Å². The molecule has 0 unspecified atom stereocenters. The van der Waals surface area contributed by atoms with E-state index in [0.29, 0.717) is 11.3 Å². The van der Waals surface area contributed by atoms with Crippen LogP contribution in [-0.4, -0.2) is 44.5 Å². The minimum Gasteiger partial charge on any atom is -0.502 e. The molecule has 182 valence electrons. The number of alkyl halides is 3. The van der Waals surface area contributed by atoms with Gasteiger partial charge in [-0.1, -0.05) is 48.5 Å². The summed E-state index contributed by atoms with van der Waals surface area (Å²) in [6.07, 6.45) is -1.75. The van der Waals surface area contributed by atoms with Gasteiger partial charge in [0.2, 0.25) is 5.43 Å². The van der Waals surface area contributed by atoms with Crippen LogP contribution in [0.5, 0.6) is 5.75 Å². The fourth-order valence-corrected chi connectivity index (χ4v) is 5.31. The third-order valence-corrected chi connectivity index (χ3v) is 7.18. The molecule has 1 aliphatic carbocycles. The number of aromatic nitrogens is 2. The summed E-state index contributed by atoms with van der Waals surface area (Å²) in [6, 6.07) is 13.2. The van der Waals surface area contributed by atoms with Crippen LogP contribution in [0, 0.1) is 0 Å². The Balaban J connectivity index is 1.64. The number of benzene rings is 2. The molecule has 5 rings (SSSR count). The summed E-state index contributed by atoms with van der Waals surface area (Å²) < 4.78 is 42.2. The molecule has 9 heteroatoms. The standard InChI is InChI=1S/C26H24F3N3O3/c1-15(26(27,28)29)31-14-18(32-23(25(31)35)24(34)22(33)13-30-32)12-21-19-8-4-2-6-16(19)10-11-17-7-3-5-9-20(17)21/h2-9,13,15,18,21,34H,10-12,14H2,1H3/t15-,18-/m0/s1. The van der Waals surface area contributed by atoms with Crippen LogP contribution in [0.25, 0.3) is 0 Å². The van der Waals surface area contributed by atoms with Crippen LogP contribution in [0.4, 0.5) is 13.2 Å².